The summed E-state index contributed by atoms with van der Waals surface area (Å²) < 4.78 is 33.9. The molecule has 2 aliphatic rings. The van der Waals surface area contributed by atoms with Crippen molar-refractivity contribution >= 4 is 15.7 Å². The monoisotopic (exact) mass is 382 g/mol. The first-order valence-corrected chi connectivity index (χ1v) is 10.7. The summed E-state index contributed by atoms with van der Waals surface area (Å²) in [6, 6.07) is 7.85. The minimum Gasteiger partial charge on any atom is -0.497 e. The van der Waals surface area contributed by atoms with Crippen LogP contribution in [0.5, 0.6) is 5.75 Å². The highest BCUT2D eigenvalue weighted by molar-refractivity contribution is 7.91. The normalized spacial score (nSPS) is 24.1. The van der Waals surface area contributed by atoms with Gasteiger partial charge in [0.25, 0.3) is 0 Å². The Hall–Kier alpha value is -1.64. The van der Waals surface area contributed by atoms with E-state index in [1.807, 2.05) is 24.3 Å². The fraction of sp³-hybridized carbons (Fsp3) is 0.611. The summed E-state index contributed by atoms with van der Waals surface area (Å²) in [5.74, 6) is 0.258. The smallest absolute Gasteiger partial charge is 0.224 e. The van der Waals surface area contributed by atoms with Gasteiger partial charge in [0, 0.05) is 19.6 Å². The lowest BCUT2D eigenvalue weighted by Gasteiger charge is -2.35. The first-order valence-electron chi connectivity index (χ1n) is 8.92. The number of morpholine rings is 1. The highest BCUT2D eigenvalue weighted by atomic mass is 32.2. The second-order valence-corrected chi connectivity index (χ2v) is 9.01. The van der Waals surface area contributed by atoms with E-state index >= 15 is 0 Å². The second-order valence-electron chi connectivity index (χ2n) is 6.78. The van der Waals surface area contributed by atoms with Gasteiger partial charge in [-0.15, -0.1) is 0 Å². The van der Waals surface area contributed by atoms with Gasteiger partial charge in [-0.25, -0.2) is 8.42 Å². The molecule has 26 heavy (non-hydrogen) atoms. The number of nitrogens with zero attached hydrogens (tertiary/aromatic N) is 1. The summed E-state index contributed by atoms with van der Waals surface area (Å²) in [4.78, 5) is 14.7. The van der Waals surface area contributed by atoms with Crippen LogP contribution in [-0.4, -0.2) is 70.7 Å². The molecule has 0 aliphatic carbocycles. The third-order valence-electron chi connectivity index (χ3n) is 5.06. The van der Waals surface area contributed by atoms with Crippen LogP contribution in [0.4, 0.5) is 0 Å². The van der Waals surface area contributed by atoms with Crippen LogP contribution in [0, 0.1) is 5.92 Å². The Bertz CT molecular complexity index is 714. The number of rotatable bonds is 6. The molecular weight excluding hydrogens is 356 g/mol. The zero-order valence-corrected chi connectivity index (χ0v) is 15.8. The zero-order valence-electron chi connectivity index (χ0n) is 15.0. The Morgan fingerprint density at radius 3 is 2.58 bits per heavy atom. The first kappa shape index (κ1) is 19.1. The van der Waals surface area contributed by atoms with Gasteiger partial charge in [-0.05, 0) is 24.1 Å². The molecule has 2 atom stereocenters. The summed E-state index contributed by atoms with van der Waals surface area (Å²) in [7, 11) is -1.43. The summed E-state index contributed by atoms with van der Waals surface area (Å²) in [5.41, 5.74) is 1.09. The number of benzene rings is 1. The number of sulfone groups is 1. The Labute approximate surface area is 154 Å². The Kier molecular flexibility index (Phi) is 6.16. The van der Waals surface area contributed by atoms with Crippen molar-refractivity contribution in [2.75, 3.05) is 51.5 Å². The highest BCUT2D eigenvalue weighted by Gasteiger charge is 2.33. The summed E-state index contributed by atoms with van der Waals surface area (Å²) in [6.07, 6.45) is 0.416. The van der Waals surface area contributed by atoms with E-state index < -0.39 is 15.8 Å². The molecular formula is C18H26N2O5S. The standard InChI is InChI=1S/C18H26N2O5S/c1-24-16-4-2-14(3-5-16)17(20-7-9-25-10-8-20)12-19-18(21)15-6-11-26(22,23)13-15/h2-5,15,17H,6-13H2,1H3,(H,19,21). The van der Waals surface area contributed by atoms with Crippen LogP contribution in [0.2, 0.25) is 0 Å². The molecule has 2 saturated heterocycles. The zero-order chi connectivity index (χ0) is 18.6. The molecule has 2 heterocycles. The van der Waals surface area contributed by atoms with Crippen LogP contribution >= 0.6 is 0 Å². The molecule has 144 valence electrons. The van der Waals surface area contributed by atoms with Crippen molar-refractivity contribution in [3.05, 3.63) is 29.8 Å². The van der Waals surface area contributed by atoms with Crippen LogP contribution in [0.25, 0.3) is 0 Å². The van der Waals surface area contributed by atoms with Gasteiger partial charge in [-0.2, -0.15) is 0 Å². The highest BCUT2D eigenvalue weighted by Crippen LogP contribution is 2.24. The van der Waals surface area contributed by atoms with Gasteiger partial charge < -0.3 is 14.8 Å². The predicted molar refractivity (Wildman–Crippen MR) is 97.9 cm³/mol. The van der Waals surface area contributed by atoms with Crippen LogP contribution < -0.4 is 10.1 Å². The topological polar surface area (TPSA) is 84.9 Å². The van der Waals surface area contributed by atoms with Crippen LogP contribution in [0.1, 0.15) is 18.0 Å². The van der Waals surface area contributed by atoms with Crippen molar-refractivity contribution < 1.29 is 22.7 Å². The largest absolute Gasteiger partial charge is 0.497 e. The van der Waals surface area contributed by atoms with Gasteiger partial charge in [0.05, 0.1) is 43.8 Å². The number of methoxy groups -OCH3 is 1. The molecule has 1 aromatic rings. The molecule has 8 heteroatoms. The number of nitrogens with one attached hydrogen (secondary N) is 1. The second kappa shape index (κ2) is 8.37. The fourth-order valence-corrected chi connectivity index (χ4v) is 5.26. The molecule has 0 spiro atoms. The minimum atomic E-state index is -3.06. The summed E-state index contributed by atoms with van der Waals surface area (Å²) in [5, 5.41) is 2.97. The van der Waals surface area contributed by atoms with E-state index in [4.69, 9.17) is 9.47 Å². The van der Waals surface area contributed by atoms with Gasteiger partial charge in [0.1, 0.15) is 5.75 Å². The maximum Gasteiger partial charge on any atom is 0.224 e. The number of carbonyl (C=O) groups excluding carboxylic acids is 1. The van der Waals surface area contributed by atoms with E-state index in [-0.39, 0.29) is 23.5 Å². The van der Waals surface area contributed by atoms with Crippen molar-refractivity contribution in [1.82, 2.24) is 10.2 Å². The van der Waals surface area contributed by atoms with E-state index in [1.165, 1.54) is 0 Å². The number of ether oxygens (including phenoxy) is 2. The van der Waals surface area contributed by atoms with Crippen molar-refractivity contribution in [2.45, 2.75) is 12.5 Å². The van der Waals surface area contributed by atoms with E-state index in [9.17, 15) is 13.2 Å². The lowest BCUT2D eigenvalue weighted by Crippen LogP contribution is -2.44. The summed E-state index contributed by atoms with van der Waals surface area (Å²) >= 11 is 0. The minimum absolute atomic E-state index is 0.0202. The quantitative estimate of drug-likeness (QED) is 0.776. The van der Waals surface area contributed by atoms with Gasteiger partial charge >= 0.3 is 0 Å². The van der Waals surface area contributed by atoms with Crippen LogP contribution in [0.15, 0.2) is 24.3 Å². The maximum atomic E-state index is 12.4. The Morgan fingerprint density at radius 1 is 1.31 bits per heavy atom. The average Bonchev–Trinajstić information content (AvgIpc) is 3.03. The van der Waals surface area contributed by atoms with Gasteiger partial charge in [0.2, 0.25) is 5.91 Å². The van der Waals surface area contributed by atoms with Crippen LogP contribution in [0.3, 0.4) is 0 Å². The molecule has 2 unspecified atom stereocenters. The molecule has 0 saturated carbocycles. The predicted octanol–water partition coefficient (Wildman–Crippen LogP) is 0.619. The van der Waals surface area contributed by atoms with Gasteiger partial charge in [-0.3, -0.25) is 9.69 Å². The molecule has 0 radical (unpaired) electrons. The lowest BCUT2D eigenvalue weighted by molar-refractivity contribution is -0.124. The maximum absolute atomic E-state index is 12.4. The third-order valence-corrected chi connectivity index (χ3v) is 6.83. The van der Waals surface area contributed by atoms with Crippen molar-refractivity contribution in [3.8, 4) is 5.75 Å². The SMILES string of the molecule is COc1ccc(C(CNC(=O)C2CCS(=O)(=O)C2)N2CCOCC2)cc1. The van der Waals surface area contributed by atoms with Crippen molar-refractivity contribution in [1.29, 1.82) is 0 Å². The summed E-state index contributed by atoms with van der Waals surface area (Å²) in [6.45, 7) is 3.37. The van der Waals surface area contributed by atoms with Crippen molar-refractivity contribution in [2.24, 2.45) is 5.92 Å². The number of carbonyl (C=O) groups is 1. The number of hydrogen-bond acceptors (Lipinski definition) is 6. The fourth-order valence-electron chi connectivity index (χ4n) is 3.52. The van der Waals surface area contributed by atoms with Crippen LogP contribution in [-0.2, 0) is 19.4 Å². The van der Waals surface area contributed by atoms with E-state index in [1.54, 1.807) is 7.11 Å². The van der Waals surface area contributed by atoms with Gasteiger partial charge in [0.15, 0.2) is 9.84 Å². The van der Waals surface area contributed by atoms with E-state index in [2.05, 4.69) is 10.2 Å². The lowest BCUT2D eigenvalue weighted by atomic mass is 10.0. The molecule has 1 N–H and O–H groups in total. The van der Waals surface area contributed by atoms with E-state index in [0.717, 1.165) is 24.4 Å². The van der Waals surface area contributed by atoms with Crippen molar-refractivity contribution in [3.63, 3.8) is 0 Å². The number of hydrogen-bond donors (Lipinski definition) is 1. The molecule has 1 amide bonds. The third kappa shape index (κ3) is 4.75. The Balaban J connectivity index is 1.67. The van der Waals surface area contributed by atoms with E-state index in [0.29, 0.717) is 26.2 Å². The Morgan fingerprint density at radius 2 is 2.00 bits per heavy atom. The molecule has 2 aliphatic heterocycles. The molecule has 0 bridgehead atoms. The average molecular weight is 382 g/mol. The number of amides is 1. The molecule has 1 aromatic carbocycles. The molecule has 2 fully saturated rings. The molecule has 3 rings (SSSR count). The van der Waals surface area contributed by atoms with Gasteiger partial charge in [-0.1, -0.05) is 12.1 Å². The molecule has 0 aromatic heterocycles. The molecule has 7 nitrogen and oxygen atoms in total. The first-order chi connectivity index (χ1) is 12.5.